The van der Waals surface area contributed by atoms with Gasteiger partial charge < -0.3 is 0 Å². The number of hydrogen-bond donors (Lipinski definition) is 0. The van der Waals surface area contributed by atoms with Crippen LogP contribution >= 0.6 is 23.1 Å². The molecule has 0 bridgehead atoms. The third-order valence-corrected chi connectivity index (χ3v) is 11.3. The largest absolute Gasteiger partial charge is 0.135 e. The minimum absolute atomic E-state index is 0.420. The molecule has 2 heterocycles. The molecule has 1 aromatic heterocycles. The van der Waals surface area contributed by atoms with Gasteiger partial charge in [0.15, 0.2) is 0 Å². The summed E-state index contributed by atoms with van der Waals surface area (Å²) in [6.07, 6.45) is 1.03. The number of thioether (sulfide) groups is 1. The number of hydrogen-bond acceptors (Lipinski definition) is 2. The van der Waals surface area contributed by atoms with E-state index in [2.05, 4.69) is 140 Å². The summed E-state index contributed by atoms with van der Waals surface area (Å²) in [4.78, 5) is 1.43. The van der Waals surface area contributed by atoms with Crippen LogP contribution in [0.5, 0.6) is 0 Å². The molecule has 2 heteroatoms. The van der Waals surface area contributed by atoms with E-state index in [0.29, 0.717) is 5.25 Å². The summed E-state index contributed by atoms with van der Waals surface area (Å²) in [5.41, 5.74) is 8.29. The van der Waals surface area contributed by atoms with Crippen LogP contribution in [0.25, 0.3) is 64.0 Å². The van der Waals surface area contributed by atoms with Crippen LogP contribution in [-0.4, -0.2) is 0 Å². The third kappa shape index (κ3) is 3.62. The Balaban J connectivity index is 1.45. The molecule has 7 aromatic carbocycles. The minimum atomic E-state index is 0.420. The average molecular weight is 571 g/mol. The highest BCUT2D eigenvalue weighted by Crippen LogP contribution is 2.56. The van der Waals surface area contributed by atoms with Crippen LogP contribution in [-0.2, 0) is 6.42 Å². The predicted molar refractivity (Wildman–Crippen MR) is 184 cm³/mol. The molecule has 0 spiro atoms. The zero-order valence-electron chi connectivity index (χ0n) is 22.9. The van der Waals surface area contributed by atoms with Gasteiger partial charge in [-0.25, -0.2) is 0 Å². The molecule has 1 atom stereocenters. The van der Waals surface area contributed by atoms with E-state index in [9.17, 15) is 0 Å². The fraction of sp³-hybridized carbons (Fsp3) is 0.0500. The molecular weight excluding hydrogens is 545 g/mol. The Morgan fingerprint density at radius 1 is 0.476 bits per heavy atom. The summed E-state index contributed by atoms with van der Waals surface area (Å²) in [6, 6.07) is 51.6. The standard InChI is InChI=1S/C40H26S2/c1-3-13-25(14-4-1)34-23-32-35(42-34)24-36-39(31-21-11-12-22-33(31)41-36)40(32)38-29-19-9-7-17-27(29)37(26-15-5-2-6-16-26)28-18-8-10-20-30(28)38/h1-22,24,34H,23H2. The van der Waals surface area contributed by atoms with Crippen molar-refractivity contribution in [2.75, 3.05) is 0 Å². The normalized spacial score (nSPS) is 14.7. The summed E-state index contributed by atoms with van der Waals surface area (Å²) in [5, 5.41) is 8.47. The van der Waals surface area contributed by atoms with Gasteiger partial charge in [0.1, 0.15) is 0 Å². The highest BCUT2D eigenvalue weighted by Gasteiger charge is 2.31. The van der Waals surface area contributed by atoms with Gasteiger partial charge in [-0.1, -0.05) is 127 Å². The van der Waals surface area contributed by atoms with Crippen molar-refractivity contribution < 1.29 is 0 Å². The molecule has 1 unspecified atom stereocenters. The zero-order chi connectivity index (χ0) is 27.6. The first-order valence-electron chi connectivity index (χ1n) is 14.5. The van der Waals surface area contributed by atoms with E-state index in [1.54, 1.807) is 0 Å². The van der Waals surface area contributed by atoms with Gasteiger partial charge in [-0.2, -0.15) is 0 Å². The first kappa shape index (κ1) is 24.2. The lowest BCUT2D eigenvalue weighted by Gasteiger charge is -2.20. The first-order chi connectivity index (χ1) is 20.8. The number of benzene rings is 7. The summed E-state index contributed by atoms with van der Waals surface area (Å²) in [6.45, 7) is 0. The van der Waals surface area contributed by atoms with Crippen molar-refractivity contribution in [1.82, 2.24) is 0 Å². The number of thiophene rings is 1. The maximum Gasteiger partial charge on any atom is 0.0385 e. The number of rotatable bonds is 3. The summed E-state index contributed by atoms with van der Waals surface area (Å²) in [5.74, 6) is 0. The molecule has 198 valence electrons. The Hall–Kier alpha value is -4.37. The molecule has 1 aliphatic rings. The van der Waals surface area contributed by atoms with Crippen molar-refractivity contribution in [2.45, 2.75) is 16.6 Å². The minimum Gasteiger partial charge on any atom is -0.135 e. The first-order valence-corrected chi connectivity index (χ1v) is 16.2. The molecule has 0 nitrogen and oxygen atoms in total. The molecule has 0 N–H and O–H groups in total. The van der Waals surface area contributed by atoms with Gasteiger partial charge in [0.25, 0.3) is 0 Å². The molecule has 9 rings (SSSR count). The Morgan fingerprint density at radius 2 is 1.02 bits per heavy atom. The Labute approximate surface area is 253 Å². The second-order valence-corrected chi connectivity index (χ2v) is 13.5. The molecule has 0 fully saturated rings. The fourth-order valence-corrected chi connectivity index (χ4v) is 9.63. The van der Waals surface area contributed by atoms with Crippen molar-refractivity contribution in [3.63, 3.8) is 0 Å². The monoisotopic (exact) mass is 570 g/mol. The number of fused-ring (bicyclic) bond motifs is 6. The molecule has 0 aliphatic carbocycles. The third-order valence-electron chi connectivity index (χ3n) is 8.81. The molecular formula is C40H26S2. The van der Waals surface area contributed by atoms with Crippen molar-refractivity contribution in [1.29, 1.82) is 0 Å². The van der Waals surface area contributed by atoms with Crippen LogP contribution in [0.1, 0.15) is 16.4 Å². The quantitative estimate of drug-likeness (QED) is 0.190. The van der Waals surface area contributed by atoms with E-state index < -0.39 is 0 Å². The summed E-state index contributed by atoms with van der Waals surface area (Å²) >= 11 is 3.97. The van der Waals surface area contributed by atoms with Crippen LogP contribution in [0.3, 0.4) is 0 Å². The Bertz CT molecular complexity index is 2240. The molecule has 0 saturated carbocycles. The molecule has 0 saturated heterocycles. The van der Waals surface area contributed by atoms with E-state index >= 15 is 0 Å². The summed E-state index contributed by atoms with van der Waals surface area (Å²) in [7, 11) is 0. The zero-order valence-corrected chi connectivity index (χ0v) is 24.5. The van der Waals surface area contributed by atoms with Crippen molar-refractivity contribution in [3.8, 4) is 22.3 Å². The van der Waals surface area contributed by atoms with E-state index in [-0.39, 0.29) is 0 Å². The topological polar surface area (TPSA) is 0 Å². The lowest BCUT2D eigenvalue weighted by molar-refractivity contribution is 0.954. The van der Waals surface area contributed by atoms with Gasteiger partial charge >= 0.3 is 0 Å². The van der Waals surface area contributed by atoms with E-state index in [1.165, 1.54) is 80.0 Å². The second-order valence-electron chi connectivity index (χ2n) is 11.1. The van der Waals surface area contributed by atoms with Crippen molar-refractivity contribution >= 4 is 64.8 Å². The van der Waals surface area contributed by atoms with Crippen LogP contribution < -0.4 is 0 Å². The molecule has 0 amide bonds. The van der Waals surface area contributed by atoms with Crippen LogP contribution in [0.15, 0.2) is 144 Å². The van der Waals surface area contributed by atoms with E-state index in [4.69, 9.17) is 0 Å². The van der Waals surface area contributed by atoms with E-state index in [0.717, 1.165) is 6.42 Å². The van der Waals surface area contributed by atoms with Gasteiger partial charge in [0, 0.05) is 30.3 Å². The predicted octanol–water partition coefficient (Wildman–Crippen LogP) is 12.1. The van der Waals surface area contributed by atoms with Crippen LogP contribution in [0.2, 0.25) is 0 Å². The van der Waals surface area contributed by atoms with E-state index in [1.807, 2.05) is 23.1 Å². The van der Waals surface area contributed by atoms with Gasteiger partial charge in [-0.3, -0.25) is 0 Å². The molecule has 8 aromatic rings. The van der Waals surface area contributed by atoms with Gasteiger partial charge in [0.2, 0.25) is 0 Å². The average Bonchev–Trinajstić information content (AvgIpc) is 3.65. The summed E-state index contributed by atoms with van der Waals surface area (Å²) < 4.78 is 2.74. The van der Waals surface area contributed by atoms with Gasteiger partial charge in [0.05, 0.1) is 0 Å². The smallest absolute Gasteiger partial charge is 0.0385 e. The van der Waals surface area contributed by atoms with Crippen molar-refractivity contribution in [3.05, 3.63) is 151 Å². The second kappa shape index (κ2) is 9.59. The maximum absolute atomic E-state index is 2.48. The fourth-order valence-electron chi connectivity index (χ4n) is 7.04. The maximum atomic E-state index is 2.48. The van der Waals surface area contributed by atoms with Crippen LogP contribution in [0, 0.1) is 0 Å². The molecule has 1 aliphatic heterocycles. The molecule has 42 heavy (non-hydrogen) atoms. The van der Waals surface area contributed by atoms with Crippen LogP contribution in [0.4, 0.5) is 0 Å². The lowest BCUT2D eigenvalue weighted by atomic mass is 9.82. The Morgan fingerprint density at radius 3 is 1.69 bits per heavy atom. The SMILES string of the molecule is c1ccc(-c2c3ccccc3c(-c3c4c(cc5sc6ccccc6c35)SC(c3ccccc3)C4)c3ccccc23)cc1. The van der Waals surface area contributed by atoms with Crippen molar-refractivity contribution in [2.24, 2.45) is 0 Å². The van der Waals surface area contributed by atoms with Gasteiger partial charge in [-0.05, 0) is 73.5 Å². The van der Waals surface area contributed by atoms with Gasteiger partial charge in [-0.15, -0.1) is 23.1 Å². The highest BCUT2D eigenvalue weighted by molar-refractivity contribution is 8.00. The highest BCUT2D eigenvalue weighted by atomic mass is 32.2. The Kier molecular flexibility index (Phi) is 5.54. The molecule has 0 radical (unpaired) electrons. The lowest BCUT2D eigenvalue weighted by Crippen LogP contribution is -1.97.